The van der Waals surface area contributed by atoms with Gasteiger partial charge in [-0.15, -0.1) is 0 Å². The Morgan fingerprint density at radius 1 is 1.04 bits per heavy atom. The van der Waals surface area contributed by atoms with Gasteiger partial charge in [0, 0.05) is 26.1 Å². The summed E-state index contributed by atoms with van der Waals surface area (Å²) in [5.41, 5.74) is 1.15. The SMILES string of the molecule is O=C(CN1CCCCCC1=O)N1CCC(Cc2ccc(F)cc2)CC1. The zero-order chi connectivity index (χ0) is 17.6. The summed E-state index contributed by atoms with van der Waals surface area (Å²) in [5, 5.41) is 0. The summed E-state index contributed by atoms with van der Waals surface area (Å²) >= 11 is 0. The molecule has 3 rings (SSSR count). The van der Waals surface area contributed by atoms with Crippen LogP contribution in [0.4, 0.5) is 4.39 Å². The summed E-state index contributed by atoms with van der Waals surface area (Å²) in [7, 11) is 0. The molecule has 0 N–H and O–H groups in total. The number of rotatable bonds is 4. The third-order valence-electron chi connectivity index (χ3n) is 5.40. The first-order valence-electron chi connectivity index (χ1n) is 9.42. The molecule has 0 saturated carbocycles. The van der Waals surface area contributed by atoms with E-state index in [9.17, 15) is 14.0 Å². The summed E-state index contributed by atoms with van der Waals surface area (Å²) in [4.78, 5) is 28.2. The fraction of sp³-hybridized carbons (Fsp3) is 0.600. The maximum absolute atomic E-state index is 13.0. The first-order valence-corrected chi connectivity index (χ1v) is 9.42. The Hall–Kier alpha value is -1.91. The quantitative estimate of drug-likeness (QED) is 0.841. The number of benzene rings is 1. The number of likely N-dealkylation sites (tertiary alicyclic amines) is 2. The molecular formula is C20H27FN2O2. The number of halogens is 1. The maximum atomic E-state index is 13.0. The van der Waals surface area contributed by atoms with E-state index < -0.39 is 0 Å². The second-order valence-electron chi connectivity index (χ2n) is 7.28. The van der Waals surface area contributed by atoms with Crippen LogP contribution in [-0.2, 0) is 16.0 Å². The molecule has 2 aliphatic rings. The number of amides is 2. The van der Waals surface area contributed by atoms with Gasteiger partial charge in [-0.1, -0.05) is 18.6 Å². The van der Waals surface area contributed by atoms with Crippen molar-refractivity contribution in [2.75, 3.05) is 26.2 Å². The second kappa shape index (κ2) is 8.45. The largest absolute Gasteiger partial charge is 0.341 e. The summed E-state index contributed by atoms with van der Waals surface area (Å²) in [6.45, 7) is 2.46. The van der Waals surface area contributed by atoms with Crippen molar-refractivity contribution in [1.82, 2.24) is 9.80 Å². The molecule has 136 valence electrons. The smallest absolute Gasteiger partial charge is 0.242 e. The lowest BCUT2D eigenvalue weighted by Crippen LogP contribution is -2.45. The minimum atomic E-state index is -0.202. The Labute approximate surface area is 149 Å². The number of piperidine rings is 1. The van der Waals surface area contributed by atoms with Gasteiger partial charge in [0.25, 0.3) is 0 Å². The molecule has 2 saturated heterocycles. The van der Waals surface area contributed by atoms with Crippen LogP contribution in [0.2, 0.25) is 0 Å². The number of carbonyl (C=O) groups excluding carboxylic acids is 2. The van der Waals surface area contributed by atoms with Crippen LogP contribution in [0.3, 0.4) is 0 Å². The molecule has 4 nitrogen and oxygen atoms in total. The number of carbonyl (C=O) groups is 2. The normalized spacial score (nSPS) is 19.8. The van der Waals surface area contributed by atoms with Crippen LogP contribution >= 0.6 is 0 Å². The topological polar surface area (TPSA) is 40.6 Å². The van der Waals surface area contributed by atoms with Crippen molar-refractivity contribution in [3.63, 3.8) is 0 Å². The van der Waals surface area contributed by atoms with E-state index in [1.165, 1.54) is 12.1 Å². The van der Waals surface area contributed by atoms with Crippen LogP contribution in [-0.4, -0.2) is 47.8 Å². The lowest BCUT2D eigenvalue weighted by Gasteiger charge is -2.33. The van der Waals surface area contributed by atoms with E-state index in [1.54, 1.807) is 4.90 Å². The highest BCUT2D eigenvalue weighted by Gasteiger charge is 2.26. The fourth-order valence-electron chi connectivity index (χ4n) is 3.81. The van der Waals surface area contributed by atoms with Crippen LogP contribution < -0.4 is 0 Å². The maximum Gasteiger partial charge on any atom is 0.242 e. The molecule has 1 aromatic rings. The molecule has 0 atom stereocenters. The third-order valence-corrected chi connectivity index (χ3v) is 5.40. The van der Waals surface area contributed by atoms with Gasteiger partial charge >= 0.3 is 0 Å². The lowest BCUT2D eigenvalue weighted by atomic mass is 9.90. The van der Waals surface area contributed by atoms with Gasteiger partial charge in [-0.25, -0.2) is 4.39 Å². The monoisotopic (exact) mass is 346 g/mol. The number of nitrogens with zero attached hydrogens (tertiary/aromatic N) is 2. The van der Waals surface area contributed by atoms with Crippen molar-refractivity contribution in [3.8, 4) is 0 Å². The van der Waals surface area contributed by atoms with Gasteiger partial charge in [0.05, 0.1) is 6.54 Å². The molecule has 0 bridgehead atoms. The highest BCUT2D eigenvalue weighted by molar-refractivity contribution is 5.85. The average Bonchev–Trinajstić information content (AvgIpc) is 2.82. The first kappa shape index (κ1) is 17.9. The van der Waals surface area contributed by atoms with Gasteiger partial charge in [0.1, 0.15) is 5.82 Å². The predicted molar refractivity (Wildman–Crippen MR) is 94.5 cm³/mol. The molecule has 5 heteroatoms. The zero-order valence-electron chi connectivity index (χ0n) is 14.8. The highest BCUT2D eigenvalue weighted by atomic mass is 19.1. The molecule has 2 heterocycles. The Morgan fingerprint density at radius 3 is 2.48 bits per heavy atom. The molecule has 0 unspecified atom stereocenters. The average molecular weight is 346 g/mol. The Morgan fingerprint density at radius 2 is 1.76 bits per heavy atom. The molecular weight excluding hydrogens is 319 g/mol. The standard InChI is InChI=1S/C20H27FN2O2/c21-18-7-5-16(6-8-18)14-17-9-12-22(13-10-17)20(25)15-23-11-3-1-2-4-19(23)24/h5-8,17H,1-4,9-15H2. The molecule has 0 spiro atoms. The van der Waals surface area contributed by atoms with E-state index >= 15 is 0 Å². The van der Waals surface area contributed by atoms with Crippen molar-refractivity contribution in [2.45, 2.75) is 44.9 Å². The third kappa shape index (κ3) is 5.03. The van der Waals surface area contributed by atoms with Crippen molar-refractivity contribution >= 4 is 11.8 Å². The van der Waals surface area contributed by atoms with Gasteiger partial charge in [-0.2, -0.15) is 0 Å². The molecule has 2 amide bonds. The first-order chi connectivity index (χ1) is 12.1. The van der Waals surface area contributed by atoms with Crippen LogP contribution in [0.25, 0.3) is 0 Å². The Kier molecular flexibility index (Phi) is 6.05. The van der Waals surface area contributed by atoms with E-state index in [-0.39, 0.29) is 24.2 Å². The van der Waals surface area contributed by atoms with E-state index in [4.69, 9.17) is 0 Å². The molecule has 0 aliphatic carbocycles. The zero-order valence-corrected chi connectivity index (χ0v) is 14.8. The van der Waals surface area contributed by atoms with Gasteiger partial charge in [-0.3, -0.25) is 9.59 Å². The van der Waals surface area contributed by atoms with Crippen molar-refractivity contribution < 1.29 is 14.0 Å². The van der Waals surface area contributed by atoms with E-state index in [0.717, 1.165) is 57.2 Å². The van der Waals surface area contributed by atoms with E-state index in [1.807, 2.05) is 17.0 Å². The summed E-state index contributed by atoms with van der Waals surface area (Å²) in [6, 6.07) is 6.70. The second-order valence-corrected chi connectivity index (χ2v) is 7.28. The predicted octanol–water partition coefficient (Wildman–Crippen LogP) is 3.01. The molecule has 1 aromatic carbocycles. The van der Waals surface area contributed by atoms with Crippen LogP contribution in [0.1, 0.15) is 44.1 Å². The molecule has 2 aliphatic heterocycles. The van der Waals surface area contributed by atoms with E-state index in [2.05, 4.69) is 0 Å². The minimum Gasteiger partial charge on any atom is -0.341 e. The Balaban J connectivity index is 1.45. The highest BCUT2D eigenvalue weighted by Crippen LogP contribution is 2.22. The number of hydrogen-bond donors (Lipinski definition) is 0. The van der Waals surface area contributed by atoms with Gasteiger partial charge < -0.3 is 9.80 Å². The van der Waals surface area contributed by atoms with Crippen LogP contribution in [0.5, 0.6) is 0 Å². The molecule has 25 heavy (non-hydrogen) atoms. The van der Waals surface area contributed by atoms with Crippen molar-refractivity contribution in [1.29, 1.82) is 0 Å². The molecule has 2 fully saturated rings. The van der Waals surface area contributed by atoms with Crippen molar-refractivity contribution in [2.24, 2.45) is 5.92 Å². The summed E-state index contributed by atoms with van der Waals surface area (Å²) in [6.07, 6.45) is 6.47. The summed E-state index contributed by atoms with van der Waals surface area (Å²) < 4.78 is 13.0. The van der Waals surface area contributed by atoms with Crippen molar-refractivity contribution in [3.05, 3.63) is 35.6 Å². The lowest BCUT2D eigenvalue weighted by molar-refractivity contribution is -0.141. The van der Waals surface area contributed by atoms with Gasteiger partial charge in [-0.05, 0) is 55.7 Å². The van der Waals surface area contributed by atoms with Gasteiger partial charge in [0.2, 0.25) is 11.8 Å². The van der Waals surface area contributed by atoms with Gasteiger partial charge in [0.15, 0.2) is 0 Å². The number of hydrogen-bond acceptors (Lipinski definition) is 2. The molecule has 0 aromatic heterocycles. The van der Waals surface area contributed by atoms with E-state index in [0.29, 0.717) is 18.9 Å². The van der Waals surface area contributed by atoms with Crippen LogP contribution in [0, 0.1) is 11.7 Å². The minimum absolute atomic E-state index is 0.0792. The summed E-state index contributed by atoms with van der Waals surface area (Å²) in [5.74, 6) is 0.536. The molecule has 0 radical (unpaired) electrons. The fourth-order valence-corrected chi connectivity index (χ4v) is 3.81. The Bertz CT molecular complexity index is 594. The van der Waals surface area contributed by atoms with Crippen LogP contribution in [0.15, 0.2) is 24.3 Å².